The fourth-order valence-corrected chi connectivity index (χ4v) is 2.20. The highest BCUT2D eigenvalue weighted by Crippen LogP contribution is 2.48. The Kier molecular flexibility index (Phi) is 2.78. The van der Waals surface area contributed by atoms with Gasteiger partial charge in [-0.3, -0.25) is 9.59 Å². The average Bonchev–Trinajstić information content (AvgIpc) is 3.07. The standard InChI is InChI=1S/C14H13N3O3/c18-12(11-7-15-8-16-11)17-10-3-1-9(2-4-10)14(5-6-14)13(19)20/h1-4,7-8H,5-6H2,(H,15,16)(H,17,18)(H,19,20). The number of hydrogen-bond acceptors (Lipinski definition) is 3. The first kappa shape index (κ1) is 12.4. The molecule has 0 aliphatic heterocycles. The van der Waals surface area contributed by atoms with Crippen LogP contribution in [0.4, 0.5) is 5.69 Å². The number of nitrogens with one attached hydrogen (secondary N) is 2. The van der Waals surface area contributed by atoms with Crippen LogP contribution in [0.15, 0.2) is 36.8 Å². The maximum atomic E-state index is 11.8. The van der Waals surface area contributed by atoms with E-state index in [0.29, 0.717) is 24.2 Å². The van der Waals surface area contributed by atoms with E-state index in [-0.39, 0.29) is 5.91 Å². The molecular weight excluding hydrogens is 258 g/mol. The summed E-state index contributed by atoms with van der Waals surface area (Å²) in [6.45, 7) is 0. The van der Waals surface area contributed by atoms with Crippen LogP contribution in [0.3, 0.4) is 0 Å². The number of rotatable bonds is 4. The van der Waals surface area contributed by atoms with Crippen molar-refractivity contribution in [2.24, 2.45) is 0 Å². The molecule has 2 aromatic rings. The number of aliphatic carboxylic acids is 1. The van der Waals surface area contributed by atoms with Crippen molar-refractivity contribution < 1.29 is 14.7 Å². The highest BCUT2D eigenvalue weighted by atomic mass is 16.4. The summed E-state index contributed by atoms with van der Waals surface area (Å²) < 4.78 is 0. The van der Waals surface area contributed by atoms with Crippen LogP contribution in [0.25, 0.3) is 0 Å². The number of H-pyrrole nitrogens is 1. The number of carboxylic acids is 1. The molecule has 6 nitrogen and oxygen atoms in total. The number of carbonyl (C=O) groups is 2. The molecule has 0 unspecified atom stereocenters. The van der Waals surface area contributed by atoms with Gasteiger partial charge in [-0.2, -0.15) is 0 Å². The van der Waals surface area contributed by atoms with Gasteiger partial charge in [0, 0.05) is 5.69 Å². The number of aromatic nitrogens is 2. The summed E-state index contributed by atoms with van der Waals surface area (Å²) in [5, 5.41) is 11.9. The first-order chi connectivity index (χ1) is 9.62. The predicted molar refractivity (Wildman–Crippen MR) is 71.5 cm³/mol. The maximum Gasteiger partial charge on any atom is 0.314 e. The van der Waals surface area contributed by atoms with Crippen molar-refractivity contribution in [1.29, 1.82) is 0 Å². The third kappa shape index (κ3) is 2.05. The van der Waals surface area contributed by atoms with Gasteiger partial charge in [0.1, 0.15) is 5.69 Å². The number of carboxylic acid groups (broad SMARTS) is 1. The second-order valence-electron chi connectivity index (χ2n) is 4.88. The van der Waals surface area contributed by atoms with Crippen LogP contribution >= 0.6 is 0 Å². The number of carbonyl (C=O) groups excluding carboxylic acids is 1. The van der Waals surface area contributed by atoms with Crippen molar-refractivity contribution in [1.82, 2.24) is 9.97 Å². The summed E-state index contributed by atoms with van der Waals surface area (Å²) >= 11 is 0. The molecule has 1 aliphatic rings. The number of benzene rings is 1. The molecule has 1 aromatic carbocycles. The fourth-order valence-electron chi connectivity index (χ4n) is 2.20. The first-order valence-corrected chi connectivity index (χ1v) is 6.25. The van der Waals surface area contributed by atoms with Gasteiger partial charge in [0.15, 0.2) is 0 Å². The Bertz CT molecular complexity index is 643. The molecule has 1 aromatic heterocycles. The molecule has 0 bridgehead atoms. The number of hydrogen-bond donors (Lipinski definition) is 3. The van der Waals surface area contributed by atoms with E-state index in [9.17, 15) is 14.7 Å². The third-order valence-electron chi connectivity index (χ3n) is 3.60. The van der Waals surface area contributed by atoms with Crippen molar-refractivity contribution in [3.63, 3.8) is 0 Å². The molecule has 3 rings (SSSR count). The fraction of sp³-hybridized carbons (Fsp3) is 0.214. The summed E-state index contributed by atoms with van der Waals surface area (Å²) in [6.07, 6.45) is 4.21. The van der Waals surface area contributed by atoms with E-state index in [0.717, 1.165) is 5.56 Å². The van der Waals surface area contributed by atoms with Gasteiger partial charge in [-0.15, -0.1) is 0 Å². The molecule has 6 heteroatoms. The quantitative estimate of drug-likeness (QED) is 0.789. The normalized spacial score (nSPS) is 15.6. The number of nitrogens with zero attached hydrogens (tertiary/aromatic N) is 1. The number of anilines is 1. The highest BCUT2D eigenvalue weighted by molar-refractivity contribution is 6.02. The van der Waals surface area contributed by atoms with Gasteiger partial charge < -0.3 is 15.4 Å². The van der Waals surface area contributed by atoms with Gasteiger partial charge in [0.25, 0.3) is 5.91 Å². The number of amides is 1. The van der Waals surface area contributed by atoms with Crippen molar-refractivity contribution in [2.45, 2.75) is 18.3 Å². The van der Waals surface area contributed by atoms with Gasteiger partial charge in [0.2, 0.25) is 0 Å². The van der Waals surface area contributed by atoms with E-state index in [4.69, 9.17) is 0 Å². The lowest BCUT2D eigenvalue weighted by atomic mass is 9.96. The molecule has 1 heterocycles. The zero-order valence-electron chi connectivity index (χ0n) is 10.6. The minimum Gasteiger partial charge on any atom is -0.481 e. The SMILES string of the molecule is O=C(Nc1ccc(C2(C(=O)O)CC2)cc1)c1cnc[nH]1. The Morgan fingerprint density at radius 3 is 2.45 bits per heavy atom. The van der Waals surface area contributed by atoms with Gasteiger partial charge in [-0.05, 0) is 30.5 Å². The first-order valence-electron chi connectivity index (χ1n) is 6.25. The van der Waals surface area contributed by atoms with Gasteiger partial charge in [0.05, 0.1) is 17.9 Å². The molecule has 102 valence electrons. The van der Waals surface area contributed by atoms with Crippen LogP contribution in [-0.2, 0) is 10.2 Å². The lowest BCUT2D eigenvalue weighted by Crippen LogP contribution is -2.19. The van der Waals surface area contributed by atoms with E-state index >= 15 is 0 Å². The second-order valence-corrected chi connectivity index (χ2v) is 4.88. The zero-order chi connectivity index (χ0) is 14.2. The molecule has 20 heavy (non-hydrogen) atoms. The largest absolute Gasteiger partial charge is 0.481 e. The molecule has 3 N–H and O–H groups in total. The van der Waals surface area contributed by atoms with Crippen molar-refractivity contribution in [3.05, 3.63) is 48.0 Å². The van der Waals surface area contributed by atoms with Crippen LogP contribution in [-0.4, -0.2) is 27.0 Å². The van der Waals surface area contributed by atoms with Crippen LogP contribution < -0.4 is 5.32 Å². The predicted octanol–water partition coefficient (Wildman–Crippen LogP) is 1.78. The van der Waals surface area contributed by atoms with Gasteiger partial charge in [-0.1, -0.05) is 12.1 Å². The lowest BCUT2D eigenvalue weighted by molar-refractivity contribution is -0.140. The summed E-state index contributed by atoms with van der Waals surface area (Å²) in [5.41, 5.74) is 1.06. The van der Waals surface area contributed by atoms with Crippen LogP contribution in [0, 0.1) is 0 Å². The Labute approximate surface area is 114 Å². The molecular formula is C14H13N3O3. The van der Waals surface area contributed by atoms with Gasteiger partial charge >= 0.3 is 5.97 Å². The summed E-state index contributed by atoms with van der Waals surface area (Å²) in [4.78, 5) is 29.5. The Morgan fingerprint density at radius 1 is 1.25 bits per heavy atom. The molecule has 1 fully saturated rings. The minimum atomic E-state index is -0.785. The van der Waals surface area contributed by atoms with E-state index < -0.39 is 11.4 Å². The molecule has 0 saturated heterocycles. The summed E-state index contributed by atoms with van der Waals surface area (Å²) in [7, 11) is 0. The lowest BCUT2D eigenvalue weighted by Gasteiger charge is -2.11. The monoisotopic (exact) mass is 271 g/mol. The van der Waals surface area contributed by atoms with Gasteiger partial charge in [-0.25, -0.2) is 4.98 Å². The van der Waals surface area contributed by atoms with E-state index in [1.807, 2.05) is 0 Å². The molecule has 1 saturated carbocycles. The highest BCUT2D eigenvalue weighted by Gasteiger charge is 2.51. The zero-order valence-corrected chi connectivity index (χ0v) is 10.6. The van der Waals surface area contributed by atoms with Crippen molar-refractivity contribution >= 4 is 17.6 Å². The van der Waals surface area contributed by atoms with Crippen molar-refractivity contribution in [3.8, 4) is 0 Å². The second kappa shape index (κ2) is 4.48. The molecule has 0 atom stereocenters. The maximum absolute atomic E-state index is 11.8. The molecule has 1 aliphatic carbocycles. The number of imidazole rings is 1. The van der Waals surface area contributed by atoms with Crippen molar-refractivity contribution in [2.75, 3.05) is 5.32 Å². The smallest absolute Gasteiger partial charge is 0.314 e. The Balaban J connectivity index is 1.74. The third-order valence-corrected chi connectivity index (χ3v) is 3.60. The van der Waals surface area contributed by atoms with E-state index in [1.54, 1.807) is 24.3 Å². The molecule has 0 spiro atoms. The summed E-state index contributed by atoms with van der Waals surface area (Å²) in [5.74, 6) is -1.07. The molecule has 1 amide bonds. The molecule has 0 radical (unpaired) electrons. The van der Waals surface area contributed by atoms with E-state index in [1.165, 1.54) is 12.5 Å². The van der Waals surface area contributed by atoms with Crippen LogP contribution in [0.5, 0.6) is 0 Å². The Hall–Kier alpha value is -2.63. The van der Waals surface area contributed by atoms with Crippen LogP contribution in [0.1, 0.15) is 28.9 Å². The minimum absolute atomic E-state index is 0.283. The topological polar surface area (TPSA) is 95.1 Å². The number of aromatic amines is 1. The average molecular weight is 271 g/mol. The van der Waals surface area contributed by atoms with Crippen LogP contribution in [0.2, 0.25) is 0 Å². The van der Waals surface area contributed by atoms with E-state index in [2.05, 4.69) is 15.3 Å². The Morgan fingerprint density at radius 2 is 1.95 bits per heavy atom. The summed E-state index contributed by atoms with van der Waals surface area (Å²) in [6, 6.07) is 6.94.